The molecule has 0 radical (unpaired) electrons. The number of carbonyl (C=O) groups excluding carboxylic acids is 1. The van der Waals surface area contributed by atoms with Gasteiger partial charge in [-0.3, -0.25) is 0 Å². The van der Waals surface area contributed by atoms with Crippen LogP contribution in [0, 0.1) is 11.8 Å². The third kappa shape index (κ3) is 5.45. The monoisotopic (exact) mass is 360 g/mol. The average Bonchev–Trinajstić information content (AvgIpc) is 2.68. The third-order valence-electron chi connectivity index (χ3n) is 5.83. The molecular formula is C21H32N2O3. The molecule has 2 aliphatic rings. The summed E-state index contributed by atoms with van der Waals surface area (Å²) in [6, 6.07) is 10.4. The summed E-state index contributed by atoms with van der Waals surface area (Å²) in [6.45, 7) is 7.59. The standard InChI is InChI=1S/C21H32N2O3/c1-16-8-9-19(12-17(16)2)22-13-20-14-23(10-11-25-20)21(24)26-15-18-6-4-3-5-7-18/h3-7,16-17,19-20,22H,8-15H2,1-2H3. The topological polar surface area (TPSA) is 50.8 Å². The number of rotatable bonds is 5. The molecule has 4 atom stereocenters. The molecule has 0 spiro atoms. The van der Waals surface area contributed by atoms with Crippen LogP contribution in [0.1, 0.15) is 38.7 Å². The van der Waals surface area contributed by atoms with Crippen molar-refractivity contribution in [2.45, 2.75) is 51.9 Å². The summed E-state index contributed by atoms with van der Waals surface area (Å²) < 4.78 is 11.3. The Hall–Kier alpha value is -1.59. The largest absolute Gasteiger partial charge is 0.445 e. The Morgan fingerprint density at radius 3 is 2.81 bits per heavy atom. The lowest BCUT2D eigenvalue weighted by Gasteiger charge is -2.36. The van der Waals surface area contributed by atoms with E-state index in [4.69, 9.17) is 9.47 Å². The number of carbonyl (C=O) groups is 1. The Labute approximate surface area is 157 Å². The number of amides is 1. The minimum absolute atomic E-state index is 0.0441. The maximum Gasteiger partial charge on any atom is 0.410 e. The molecule has 5 heteroatoms. The van der Waals surface area contributed by atoms with Gasteiger partial charge in [0, 0.05) is 19.1 Å². The van der Waals surface area contributed by atoms with E-state index in [9.17, 15) is 4.79 Å². The second-order valence-electron chi connectivity index (χ2n) is 7.85. The number of hydrogen-bond acceptors (Lipinski definition) is 4. The van der Waals surface area contributed by atoms with E-state index >= 15 is 0 Å². The Morgan fingerprint density at radius 1 is 1.23 bits per heavy atom. The fourth-order valence-electron chi connectivity index (χ4n) is 3.85. The lowest BCUT2D eigenvalue weighted by molar-refractivity contribution is -0.0288. The SMILES string of the molecule is CC1CCC(NCC2CN(C(=O)OCc3ccccc3)CCO2)CC1C. The van der Waals surface area contributed by atoms with E-state index in [0.29, 0.717) is 32.3 Å². The van der Waals surface area contributed by atoms with E-state index in [0.717, 1.165) is 23.9 Å². The number of morpholine rings is 1. The van der Waals surface area contributed by atoms with Gasteiger partial charge in [0.1, 0.15) is 6.61 Å². The van der Waals surface area contributed by atoms with E-state index in [2.05, 4.69) is 19.2 Å². The Balaban J connectivity index is 1.40. The third-order valence-corrected chi connectivity index (χ3v) is 5.83. The van der Waals surface area contributed by atoms with Crippen molar-refractivity contribution >= 4 is 6.09 Å². The van der Waals surface area contributed by atoms with Crippen molar-refractivity contribution < 1.29 is 14.3 Å². The van der Waals surface area contributed by atoms with Crippen molar-refractivity contribution in [2.75, 3.05) is 26.2 Å². The summed E-state index contributed by atoms with van der Waals surface area (Å²) >= 11 is 0. The van der Waals surface area contributed by atoms with Gasteiger partial charge in [-0.2, -0.15) is 0 Å². The zero-order valence-electron chi connectivity index (χ0n) is 16.0. The summed E-state index contributed by atoms with van der Waals surface area (Å²) in [4.78, 5) is 14.1. The number of benzene rings is 1. The number of hydrogen-bond donors (Lipinski definition) is 1. The summed E-state index contributed by atoms with van der Waals surface area (Å²) in [6.07, 6.45) is 3.56. The normalized spacial score (nSPS) is 29.4. The van der Waals surface area contributed by atoms with Crippen LogP contribution in [-0.4, -0.2) is 49.4 Å². The van der Waals surface area contributed by atoms with E-state index in [-0.39, 0.29) is 12.2 Å². The lowest BCUT2D eigenvalue weighted by atomic mass is 9.79. The van der Waals surface area contributed by atoms with Gasteiger partial charge in [0.15, 0.2) is 0 Å². The first-order valence-corrected chi connectivity index (χ1v) is 9.92. The molecule has 5 nitrogen and oxygen atoms in total. The van der Waals surface area contributed by atoms with Crippen LogP contribution in [0.3, 0.4) is 0 Å². The van der Waals surface area contributed by atoms with Crippen LogP contribution in [-0.2, 0) is 16.1 Å². The van der Waals surface area contributed by atoms with E-state index in [1.807, 2.05) is 30.3 Å². The molecule has 1 aromatic rings. The minimum atomic E-state index is -0.248. The summed E-state index contributed by atoms with van der Waals surface area (Å²) in [7, 11) is 0. The highest BCUT2D eigenvalue weighted by Gasteiger charge is 2.28. The van der Waals surface area contributed by atoms with Crippen LogP contribution >= 0.6 is 0 Å². The number of nitrogens with zero attached hydrogens (tertiary/aromatic N) is 1. The van der Waals surface area contributed by atoms with Crippen LogP contribution in [0.4, 0.5) is 4.79 Å². The van der Waals surface area contributed by atoms with E-state index < -0.39 is 0 Å². The van der Waals surface area contributed by atoms with Gasteiger partial charge in [-0.05, 0) is 36.7 Å². The maximum atomic E-state index is 12.3. The fraction of sp³-hybridized carbons (Fsp3) is 0.667. The zero-order chi connectivity index (χ0) is 18.4. The van der Waals surface area contributed by atoms with Crippen LogP contribution in [0.25, 0.3) is 0 Å². The summed E-state index contributed by atoms with van der Waals surface area (Å²) in [5.41, 5.74) is 1.01. The van der Waals surface area contributed by atoms with Crippen molar-refractivity contribution in [3.8, 4) is 0 Å². The molecule has 3 rings (SSSR count). The second-order valence-corrected chi connectivity index (χ2v) is 7.85. The molecule has 0 aromatic heterocycles. The quantitative estimate of drug-likeness (QED) is 0.874. The number of ether oxygens (including phenoxy) is 2. The van der Waals surface area contributed by atoms with Gasteiger partial charge in [0.2, 0.25) is 0 Å². The van der Waals surface area contributed by atoms with E-state index in [1.165, 1.54) is 19.3 Å². The first-order valence-electron chi connectivity index (χ1n) is 9.92. The van der Waals surface area contributed by atoms with Crippen LogP contribution in [0.2, 0.25) is 0 Å². The van der Waals surface area contributed by atoms with Gasteiger partial charge < -0.3 is 19.7 Å². The molecule has 4 unspecified atom stereocenters. The van der Waals surface area contributed by atoms with Crippen molar-refractivity contribution in [2.24, 2.45) is 11.8 Å². The van der Waals surface area contributed by atoms with Crippen molar-refractivity contribution in [1.29, 1.82) is 0 Å². The van der Waals surface area contributed by atoms with Gasteiger partial charge in [0.05, 0.1) is 19.3 Å². The van der Waals surface area contributed by atoms with Crippen molar-refractivity contribution in [1.82, 2.24) is 10.2 Å². The Kier molecular flexibility index (Phi) is 6.92. The molecule has 2 fully saturated rings. The molecule has 1 saturated heterocycles. The molecule has 1 aliphatic heterocycles. The molecule has 26 heavy (non-hydrogen) atoms. The predicted molar refractivity (Wildman–Crippen MR) is 102 cm³/mol. The smallest absolute Gasteiger partial charge is 0.410 e. The molecule has 1 heterocycles. The second kappa shape index (κ2) is 9.38. The zero-order valence-corrected chi connectivity index (χ0v) is 16.0. The first-order chi connectivity index (χ1) is 12.6. The average molecular weight is 360 g/mol. The highest BCUT2D eigenvalue weighted by Crippen LogP contribution is 2.29. The van der Waals surface area contributed by atoms with Gasteiger partial charge in [-0.15, -0.1) is 0 Å². The minimum Gasteiger partial charge on any atom is -0.445 e. The van der Waals surface area contributed by atoms with E-state index in [1.54, 1.807) is 4.90 Å². The lowest BCUT2D eigenvalue weighted by Crippen LogP contribution is -2.50. The molecule has 1 amide bonds. The van der Waals surface area contributed by atoms with Gasteiger partial charge in [-0.25, -0.2) is 4.79 Å². The number of nitrogens with one attached hydrogen (secondary N) is 1. The summed E-state index contributed by atoms with van der Waals surface area (Å²) in [5, 5.41) is 3.66. The summed E-state index contributed by atoms with van der Waals surface area (Å²) in [5.74, 6) is 1.60. The van der Waals surface area contributed by atoms with Crippen LogP contribution in [0.15, 0.2) is 30.3 Å². The predicted octanol–water partition coefficient (Wildman–Crippen LogP) is 3.44. The highest BCUT2D eigenvalue weighted by atomic mass is 16.6. The van der Waals surface area contributed by atoms with Crippen molar-refractivity contribution in [3.63, 3.8) is 0 Å². The molecule has 144 valence electrons. The van der Waals surface area contributed by atoms with Gasteiger partial charge >= 0.3 is 6.09 Å². The van der Waals surface area contributed by atoms with Gasteiger partial charge in [0.25, 0.3) is 0 Å². The van der Waals surface area contributed by atoms with Gasteiger partial charge in [-0.1, -0.05) is 44.2 Å². The Morgan fingerprint density at radius 2 is 2.04 bits per heavy atom. The molecule has 0 bridgehead atoms. The molecule has 1 aromatic carbocycles. The van der Waals surface area contributed by atoms with Crippen LogP contribution < -0.4 is 5.32 Å². The maximum absolute atomic E-state index is 12.3. The molecular weight excluding hydrogens is 328 g/mol. The Bertz CT molecular complexity index is 566. The highest BCUT2D eigenvalue weighted by molar-refractivity contribution is 5.67. The molecule has 1 saturated carbocycles. The molecule has 1 N–H and O–H groups in total. The first kappa shape index (κ1) is 19.2. The van der Waals surface area contributed by atoms with Crippen molar-refractivity contribution in [3.05, 3.63) is 35.9 Å². The fourth-order valence-corrected chi connectivity index (χ4v) is 3.85. The van der Waals surface area contributed by atoms with Crippen LogP contribution in [0.5, 0.6) is 0 Å². The molecule has 1 aliphatic carbocycles.